The molecule has 8 heteroatoms. The predicted octanol–water partition coefficient (Wildman–Crippen LogP) is 4.61. The summed E-state index contributed by atoms with van der Waals surface area (Å²) in [4.78, 5) is 28.2. The topological polar surface area (TPSA) is 86.8 Å². The number of rotatable bonds is 14. The van der Waals surface area contributed by atoms with Gasteiger partial charge in [-0.15, -0.1) is 0 Å². The van der Waals surface area contributed by atoms with Gasteiger partial charge in [0, 0.05) is 25.6 Å². The fourth-order valence-corrected chi connectivity index (χ4v) is 5.34. The van der Waals surface area contributed by atoms with Crippen molar-refractivity contribution in [2.45, 2.75) is 78.8 Å². The van der Waals surface area contributed by atoms with Crippen molar-refractivity contribution in [3.05, 3.63) is 65.2 Å². The molecule has 0 fully saturated rings. The summed E-state index contributed by atoms with van der Waals surface area (Å²) in [6.45, 7) is 10.3. The van der Waals surface area contributed by atoms with Crippen LogP contribution in [0, 0.1) is 13.8 Å². The van der Waals surface area contributed by atoms with E-state index in [1.54, 1.807) is 11.0 Å². The fraction of sp³-hybridized carbons (Fsp3) is 0.517. The Morgan fingerprint density at radius 3 is 2.22 bits per heavy atom. The molecule has 0 heterocycles. The van der Waals surface area contributed by atoms with Crippen LogP contribution in [0.5, 0.6) is 0 Å². The van der Waals surface area contributed by atoms with E-state index in [4.69, 9.17) is 0 Å². The van der Waals surface area contributed by atoms with Crippen molar-refractivity contribution >= 4 is 27.5 Å². The van der Waals surface area contributed by atoms with Crippen LogP contribution in [-0.2, 0) is 26.0 Å². The van der Waals surface area contributed by atoms with Crippen LogP contribution in [0.25, 0.3) is 0 Å². The van der Waals surface area contributed by atoms with Gasteiger partial charge in [0.25, 0.3) is 0 Å². The average Bonchev–Trinajstić information content (AvgIpc) is 2.86. The number of hydrogen-bond donors (Lipinski definition) is 1. The van der Waals surface area contributed by atoms with Gasteiger partial charge in [-0.1, -0.05) is 56.3 Å². The standard InChI is InChI=1S/C29H43N3O4S/c1-7-23(4)30-29(34)26(8-2)31(21-19-25-15-10-9-11-16-25)28(33)18-13-20-32(37(6,35)36)27-17-12-14-22(3)24(27)5/h9-12,14-17,23,26H,7-8,13,18-21H2,1-6H3,(H,30,34)/t23-,26+/m0/s1. The third-order valence-electron chi connectivity index (χ3n) is 6.87. The molecule has 0 saturated carbocycles. The van der Waals surface area contributed by atoms with Crippen LogP contribution in [0.4, 0.5) is 5.69 Å². The lowest BCUT2D eigenvalue weighted by atomic mass is 10.1. The monoisotopic (exact) mass is 529 g/mol. The van der Waals surface area contributed by atoms with Crippen LogP contribution >= 0.6 is 0 Å². The molecular formula is C29H43N3O4S. The molecule has 37 heavy (non-hydrogen) atoms. The molecule has 204 valence electrons. The second-order valence-electron chi connectivity index (χ2n) is 9.72. The van der Waals surface area contributed by atoms with Gasteiger partial charge in [0.05, 0.1) is 11.9 Å². The summed E-state index contributed by atoms with van der Waals surface area (Å²) in [7, 11) is -3.53. The first-order chi connectivity index (χ1) is 17.5. The van der Waals surface area contributed by atoms with Gasteiger partial charge >= 0.3 is 0 Å². The zero-order valence-corrected chi connectivity index (χ0v) is 24.0. The highest BCUT2D eigenvalue weighted by molar-refractivity contribution is 7.92. The molecular weight excluding hydrogens is 486 g/mol. The highest BCUT2D eigenvalue weighted by atomic mass is 32.2. The maximum absolute atomic E-state index is 13.5. The first kappa shape index (κ1) is 30.4. The first-order valence-corrected chi connectivity index (χ1v) is 15.0. The lowest BCUT2D eigenvalue weighted by Crippen LogP contribution is -2.51. The van der Waals surface area contributed by atoms with Crippen molar-refractivity contribution in [2.24, 2.45) is 0 Å². The second-order valence-corrected chi connectivity index (χ2v) is 11.6. The molecule has 0 bridgehead atoms. The largest absolute Gasteiger partial charge is 0.352 e. The molecule has 1 N–H and O–H groups in total. The molecule has 0 unspecified atom stereocenters. The zero-order valence-electron chi connectivity index (χ0n) is 23.2. The van der Waals surface area contributed by atoms with Crippen LogP contribution in [0.1, 0.15) is 63.1 Å². The summed E-state index contributed by atoms with van der Waals surface area (Å²) in [6, 6.07) is 14.9. The maximum atomic E-state index is 13.5. The Balaban J connectivity index is 2.20. The van der Waals surface area contributed by atoms with Crippen molar-refractivity contribution in [3.8, 4) is 0 Å². The van der Waals surface area contributed by atoms with E-state index in [9.17, 15) is 18.0 Å². The van der Waals surface area contributed by atoms with Crippen LogP contribution in [0.3, 0.4) is 0 Å². The Morgan fingerprint density at radius 2 is 1.62 bits per heavy atom. The van der Waals surface area contributed by atoms with Crippen LogP contribution < -0.4 is 9.62 Å². The van der Waals surface area contributed by atoms with Gasteiger partial charge < -0.3 is 10.2 Å². The molecule has 2 atom stereocenters. The van der Waals surface area contributed by atoms with Crippen molar-refractivity contribution in [2.75, 3.05) is 23.7 Å². The molecule has 7 nitrogen and oxygen atoms in total. The summed E-state index contributed by atoms with van der Waals surface area (Å²) in [5.74, 6) is -0.289. The van der Waals surface area contributed by atoms with Crippen molar-refractivity contribution < 1.29 is 18.0 Å². The van der Waals surface area contributed by atoms with Gasteiger partial charge in [0.15, 0.2) is 0 Å². The lowest BCUT2D eigenvalue weighted by molar-refractivity contribution is -0.141. The number of carbonyl (C=O) groups excluding carboxylic acids is 2. The maximum Gasteiger partial charge on any atom is 0.243 e. The fourth-order valence-electron chi connectivity index (χ4n) is 4.33. The van der Waals surface area contributed by atoms with Crippen LogP contribution in [-0.4, -0.2) is 56.6 Å². The van der Waals surface area contributed by atoms with E-state index in [2.05, 4.69) is 5.32 Å². The van der Waals surface area contributed by atoms with E-state index in [-0.39, 0.29) is 30.8 Å². The number of carbonyl (C=O) groups is 2. The number of hydrogen-bond acceptors (Lipinski definition) is 4. The number of nitrogens with zero attached hydrogens (tertiary/aromatic N) is 2. The van der Waals surface area contributed by atoms with Crippen molar-refractivity contribution in [1.29, 1.82) is 0 Å². The Labute approximate surface area is 223 Å². The SMILES string of the molecule is CC[C@H](C(=O)N[C@@H](C)CC)N(CCc1ccccc1)C(=O)CCCN(c1cccc(C)c1C)S(C)(=O)=O. The summed E-state index contributed by atoms with van der Waals surface area (Å²) in [5, 5.41) is 3.02. The number of benzene rings is 2. The van der Waals surface area contributed by atoms with Gasteiger partial charge in [-0.2, -0.15) is 0 Å². The predicted molar refractivity (Wildman–Crippen MR) is 151 cm³/mol. The van der Waals surface area contributed by atoms with Gasteiger partial charge in [-0.25, -0.2) is 8.42 Å². The summed E-state index contributed by atoms with van der Waals surface area (Å²) in [5.41, 5.74) is 3.63. The van der Waals surface area contributed by atoms with Gasteiger partial charge in [-0.05, 0) is 69.2 Å². The number of nitrogens with one attached hydrogen (secondary N) is 1. The van der Waals surface area contributed by atoms with E-state index < -0.39 is 16.1 Å². The van der Waals surface area contributed by atoms with E-state index in [0.717, 1.165) is 23.1 Å². The molecule has 0 aliphatic carbocycles. The molecule has 2 rings (SSSR count). The zero-order chi connectivity index (χ0) is 27.6. The first-order valence-electron chi connectivity index (χ1n) is 13.2. The minimum Gasteiger partial charge on any atom is -0.352 e. The van der Waals surface area contributed by atoms with Crippen LogP contribution in [0.2, 0.25) is 0 Å². The Kier molecular flexibility index (Phi) is 11.6. The molecule has 0 aliphatic rings. The molecule has 0 aromatic heterocycles. The van der Waals surface area contributed by atoms with E-state index in [1.807, 2.05) is 77.1 Å². The smallest absolute Gasteiger partial charge is 0.243 e. The molecule has 0 saturated heterocycles. The third-order valence-corrected chi connectivity index (χ3v) is 8.05. The number of amides is 2. The lowest BCUT2D eigenvalue weighted by Gasteiger charge is -2.32. The van der Waals surface area contributed by atoms with E-state index in [0.29, 0.717) is 31.5 Å². The Morgan fingerprint density at radius 1 is 0.946 bits per heavy atom. The normalized spacial score (nSPS) is 13.0. The highest BCUT2D eigenvalue weighted by Crippen LogP contribution is 2.25. The molecule has 2 aromatic rings. The summed E-state index contributed by atoms with van der Waals surface area (Å²) in [6.07, 6.45) is 3.64. The van der Waals surface area contributed by atoms with E-state index >= 15 is 0 Å². The Hall–Kier alpha value is -2.87. The highest BCUT2D eigenvalue weighted by Gasteiger charge is 2.29. The molecule has 0 aliphatic heterocycles. The molecule has 2 aromatic carbocycles. The minimum absolute atomic E-state index is 0.0218. The third kappa shape index (κ3) is 8.88. The van der Waals surface area contributed by atoms with E-state index in [1.165, 1.54) is 10.6 Å². The van der Waals surface area contributed by atoms with Crippen molar-refractivity contribution in [1.82, 2.24) is 10.2 Å². The van der Waals surface area contributed by atoms with Gasteiger partial charge in [0.2, 0.25) is 21.8 Å². The van der Waals surface area contributed by atoms with Crippen molar-refractivity contribution in [3.63, 3.8) is 0 Å². The van der Waals surface area contributed by atoms with Gasteiger partial charge in [-0.3, -0.25) is 13.9 Å². The average molecular weight is 530 g/mol. The Bertz CT molecular complexity index is 1140. The molecule has 0 radical (unpaired) electrons. The number of anilines is 1. The second kappa shape index (κ2) is 14.2. The summed E-state index contributed by atoms with van der Waals surface area (Å²) >= 11 is 0. The molecule has 2 amide bonds. The number of aryl methyl sites for hydroxylation is 1. The quantitative estimate of drug-likeness (QED) is 0.387. The molecule has 0 spiro atoms. The summed E-state index contributed by atoms with van der Waals surface area (Å²) < 4.78 is 26.6. The van der Waals surface area contributed by atoms with Gasteiger partial charge in [0.1, 0.15) is 6.04 Å². The van der Waals surface area contributed by atoms with Crippen LogP contribution in [0.15, 0.2) is 48.5 Å². The number of sulfonamides is 1. The minimum atomic E-state index is -3.53.